The Kier molecular flexibility index (Phi) is 4.41. The van der Waals surface area contributed by atoms with Gasteiger partial charge in [-0.3, -0.25) is 0 Å². The zero-order valence-electron chi connectivity index (χ0n) is 16.1. The minimum absolute atomic E-state index is 0.363. The number of hydrogen-bond donors (Lipinski definition) is 0. The monoisotopic (exact) mass is 376 g/mol. The fourth-order valence-electron chi connectivity index (χ4n) is 4.20. The molecule has 0 saturated carbocycles. The van der Waals surface area contributed by atoms with Crippen molar-refractivity contribution in [2.45, 2.75) is 18.6 Å². The van der Waals surface area contributed by atoms with Crippen molar-refractivity contribution in [2.75, 3.05) is 38.3 Å². The van der Waals surface area contributed by atoms with Crippen LogP contribution in [0.3, 0.4) is 0 Å². The summed E-state index contributed by atoms with van der Waals surface area (Å²) < 4.78 is 17.1. The van der Waals surface area contributed by atoms with E-state index < -0.39 is 0 Å². The number of hydrogen-bond acceptors (Lipinski definition) is 5. The lowest BCUT2D eigenvalue weighted by atomic mass is 10.0. The number of piperidine rings is 1. The molecule has 5 heteroatoms. The molecule has 2 fully saturated rings. The van der Waals surface area contributed by atoms with Gasteiger partial charge in [-0.05, 0) is 36.4 Å². The van der Waals surface area contributed by atoms with Gasteiger partial charge in [-0.1, -0.05) is 18.2 Å². The van der Waals surface area contributed by atoms with Crippen molar-refractivity contribution < 1.29 is 14.2 Å². The molecule has 1 aromatic heterocycles. The number of anilines is 1. The number of nitrogens with zero attached hydrogens (tertiary/aromatic N) is 2. The van der Waals surface area contributed by atoms with Gasteiger partial charge >= 0.3 is 0 Å². The SMILES string of the molecule is COc1ccc(-c2cc(N3CCC4(CC3)OCCO4)c3ccccc3n2)cc1. The second kappa shape index (κ2) is 7.08. The van der Waals surface area contributed by atoms with E-state index in [1.54, 1.807) is 7.11 Å². The van der Waals surface area contributed by atoms with E-state index in [4.69, 9.17) is 19.2 Å². The van der Waals surface area contributed by atoms with E-state index >= 15 is 0 Å². The van der Waals surface area contributed by atoms with Gasteiger partial charge < -0.3 is 19.1 Å². The molecule has 3 aromatic rings. The molecule has 144 valence electrons. The maximum absolute atomic E-state index is 5.89. The summed E-state index contributed by atoms with van der Waals surface area (Å²) in [6.45, 7) is 3.24. The molecule has 0 radical (unpaired) electrons. The predicted octanol–water partition coefficient (Wildman–Crippen LogP) is 4.25. The summed E-state index contributed by atoms with van der Waals surface area (Å²) in [4.78, 5) is 7.35. The Balaban J connectivity index is 1.52. The van der Waals surface area contributed by atoms with E-state index in [0.717, 1.165) is 48.5 Å². The average Bonchev–Trinajstić information content (AvgIpc) is 3.21. The fourth-order valence-corrected chi connectivity index (χ4v) is 4.20. The number of aromatic nitrogens is 1. The Morgan fingerprint density at radius 3 is 2.39 bits per heavy atom. The number of fused-ring (bicyclic) bond motifs is 1. The van der Waals surface area contributed by atoms with E-state index in [1.165, 1.54) is 11.1 Å². The Hall–Kier alpha value is -2.63. The van der Waals surface area contributed by atoms with Crippen LogP contribution in [0.1, 0.15) is 12.8 Å². The average molecular weight is 376 g/mol. The van der Waals surface area contributed by atoms with Crippen molar-refractivity contribution in [1.29, 1.82) is 0 Å². The van der Waals surface area contributed by atoms with Crippen LogP contribution in [0.5, 0.6) is 5.75 Å². The zero-order valence-corrected chi connectivity index (χ0v) is 16.1. The number of ether oxygens (including phenoxy) is 3. The van der Waals surface area contributed by atoms with Crippen molar-refractivity contribution in [2.24, 2.45) is 0 Å². The predicted molar refractivity (Wildman–Crippen MR) is 110 cm³/mol. The van der Waals surface area contributed by atoms with Gasteiger partial charge in [0.25, 0.3) is 0 Å². The maximum Gasteiger partial charge on any atom is 0.171 e. The lowest BCUT2D eigenvalue weighted by Gasteiger charge is -2.39. The summed E-state index contributed by atoms with van der Waals surface area (Å²) in [5.41, 5.74) is 4.30. The molecule has 1 spiro atoms. The first-order valence-electron chi connectivity index (χ1n) is 9.83. The third-order valence-electron chi connectivity index (χ3n) is 5.76. The van der Waals surface area contributed by atoms with Gasteiger partial charge in [0, 0.05) is 42.6 Å². The summed E-state index contributed by atoms with van der Waals surface area (Å²) in [6.07, 6.45) is 1.78. The highest BCUT2D eigenvalue weighted by molar-refractivity contribution is 5.94. The van der Waals surface area contributed by atoms with E-state index in [2.05, 4.69) is 41.3 Å². The van der Waals surface area contributed by atoms with Crippen LogP contribution < -0.4 is 9.64 Å². The van der Waals surface area contributed by atoms with Crippen molar-refractivity contribution >= 4 is 16.6 Å². The van der Waals surface area contributed by atoms with Gasteiger partial charge in [0.05, 0.1) is 31.5 Å². The summed E-state index contributed by atoms with van der Waals surface area (Å²) in [5, 5.41) is 1.18. The van der Waals surface area contributed by atoms with E-state index in [-0.39, 0.29) is 5.79 Å². The molecule has 2 aliphatic rings. The standard InChI is InChI=1S/C23H24N2O3/c1-26-18-8-6-17(7-9-18)21-16-22(19-4-2-3-5-20(19)24-21)25-12-10-23(11-13-25)27-14-15-28-23/h2-9,16H,10-15H2,1H3. The third-order valence-corrected chi connectivity index (χ3v) is 5.76. The molecule has 2 aliphatic heterocycles. The molecular formula is C23H24N2O3. The first-order valence-corrected chi connectivity index (χ1v) is 9.83. The Bertz CT molecular complexity index is 971. The Morgan fingerprint density at radius 2 is 1.68 bits per heavy atom. The zero-order chi connectivity index (χ0) is 19.0. The summed E-state index contributed by atoms with van der Waals surface area (Å²) in [7, 11) is 1.68. The van der Waals surface area contributed by atoms with Crippen LogP contribution in [0.2, 0.25) is 0 Å². The highest BCUT2D eigenvalue weighted by atomic mass is 16.7. The number of methoxy groups -OCH3 is 1. The van der Waals surface area contributed by atoms with Gasteiger partial charge in [-0.2, -0.15) is 0 Å². The van der Waals surface area contributed by atoms with Crippen LogP contribution in [-0.4, -0.2) is 44.2 Å². The number of rotatable bonds is 3. The van der Waals surface area contributed by atoms with E-state index in [1.807, 2.05) is 18.2 Å². The second-order valence-electron chi connectivity index (χ2n) is 7.37. The molecule has 0 N–H and O–H groups in total. The summed E-state index contributed by atoms with van der Waals surface area (Å²) in [5.74, 6) is 0.487. The minimum atomic E-state index is -0.363. The van der Waals surface area contributed by atoms with Crippen molar-refractivity contribution in [3.63, 3.8) is 0 Å². The Morgan fingerprint density at radius 1 is 0.964 bits per heavy atom. The molecule has 2 saturated heterocycles. The van der Waals surface area contributed by atoms with Crippen LogP contribution in [0.4, 0.5) is 5.69 Å². The maximum atomic E-state index is 5.89. The third kappa shape index (κ3) is 3.11. The van der Waals surface area contributed by atoms with Gasteiger partial charge in [0.1, 0.15) is 5.75 Å². The van der Waals surface area contributed by atoms with Gasteiger partial charge in [0.2, 0.25) is 0 Å². The van der Waals surface area contributed by atoms with Gasteiger partial charge in [-0.15, -0.1) is 0 Å². The van der Waals surface area contributed by atoms with Crippen LogP contribution in [0.15, 0.2) is 54.6 Å². The number of pyridine rings is 1. The van der Waals surface area contributed by atoms with Crippen LogP contribution in [-0.2, 0) is 9.47 Å². The number of para-hydroxylation sites is 1. The first-order chi connectivity index (χ1) is 13.8. The normalized spacial score (nSPS) is 18.7. The van der Waals surface area contributed by atoms with E-state index in [9.17, 15) is 0 Å². The van der Waals surface area contributed by atoms with Crippen LogP contribution >= 0.6 is 0 Å². The molecule has 0 aliphatic carbocycles. The molecule has 28 heavy (non-hydrogen) atoms. The lowest BCUT2D eigenvalue weighted by molar-refractivity contribution is -0.169. The smallest absolute Gasteiger partial charge is 0.171 e. The second-order valence-corrected chi connectivity index (χ2v) is 7.37. The first kappa shape index (κ1) is 17.5. The van der Waals surface area contributed by atoms with Crippen LogP contribution in [0.25, 0.3) is 22.2 Å². The van der Waals surface area contributed by atoms with Gasteiger partial charge in [0.15, 0.2) is 5.79 Å². The largest absolute Gasteiger partial charge is 0.497 e. The molecule has 5 nitrogen and oxygen atoms in total. The van der Waals surface area contributed by atoms with Crippen LogP contribution in [0, 0.1) is 0 Å². The molecule has 0 atom stereocenters. The van der Waals surface area contributed by atoms with Gasteiger partial charge in [-0.25, -0.2) is 4.98 Å². The van der Waals surface area contributed by atoms with Crippen molar-refractivity contribution in [1.82, 2.24) is 4.98 Å². The molecule has 3 heterocycles. The quantitative estimate of drug-likeness (QED) is 0.684. The highest BCUT2D eigenvalue weighted by Crippen LogP contribution is 2.37. The summed E-state index contributed by atoms with van der Waals surface area (Å²) in [6, 6.07) is 18.6. The fraction of sp³-hybridized carbons (Fsp3) is 0.348. The van der Waals surface area contributed by atoms with Crippen molar-refractivity contribution in [3.05, 3.63) is 54.6 Å². The lowest BCUT2D eigenvalue weighted by Crippen LogP contribution is -2.45. The Labute approximate surface area is 164 Å². The molecular weight excluding hydrogens is 352 g/mol. The molecule has 5 rings (SSSR count). The summed E-state index contributed by atoms with van der Waals surface area (Å²) >= 11 is 0. The van der Waals surface area contributed by atoms with Crippen molar-refractivity contribution in [3.8, 4) is 17.0 Å². The highest BCUT2D eigenvalue weighted by Gasteiger charge is 2.40. The molecule has 0 amide bonds. The topological polar surface area (TPSA) is 43.8 Å². The number of benzene rings is 2. The molecule has 0 unspecified atom stereocenters. The molecule has 2 aromatic carbocycles. The van der Waals surface area contributed by atoms with E-state index in [0.29, 0.717) is 13.2 Å². The molecule has 0 bridgehead atoms. The minimum Gasteiger partial charge on any atom is -0.497 e.